The van der Waals surface area contributed by atoms with Crippen molar-refractivity contribution in [3.8, 4) is 0 Å². The number of carbonyl (C=O) groups excluding carboxylic acids is 1. The summed E-state index contributed by atoms with van der Waals surface area (Å²) < 4.78 is 0. The molecule has 1 amide bonds. The number of piperazine rings is 1. The lowest BCUT2D eigenvalue weighted by Crippen LogP contribution is -2.48. The molecule has 25 heavy (non-hydrogen) atoms. The van der Waals surface area contributed by atoms with Gasteiger partial charge in [0, 0.05) is 53.0 Å². The zero-order valence-corrected chi connectivity index (χ0v) is 15.3. The Kier molecular flexibility index (Phi) is 4.18. The molecule has 1 aliphatic heterocycles. The SMILES string of the molecule is C[C@@H](C(=O)N1CCN(C)CC1)c1ccc2c(c1)[nH]c1ccc(Cl)cc12. The Morgan fingerprint density at radius 1 is 1.04 bits per heavy atom. The lowest BCUT2D eigenvalue weighted by molar-refractivity contribution is -0.134. The number of fused-ring (bicyclic) bond motifs is 3. The molecule has 3 aromatic rings. The molecule has 1 aliphatic rings. The van der Waals surface area contributed by atoms with Crippen LogP contribution in [0.3, 0.4) is 0 Å². The summed E-state index contributed by atoms with van der Waals surface area (Å²) in [6.07, 6.45) is 0. The van der Waals surface area contributed by atoms with Crippen LogP contribution in [0.25, 0.3) is 21.8 Å². The summed E-state index contributed by atoms with van der Waals surface area (Å²) in [4.78, 5) is 20.5. The van der Waals surface area contributed by atoms with Crippen LogP contribution in [-0.4, -0.2) is 53.9 Å². The fourth-order valence-corrected chi connectivity index (χ4v) is 3.78. The maximum atomic E-state index is 12.8. The van der Waals surface area contributed by atoms with Crippen molar-refractivity contribution in [2.24, 2.45) is 0 Å². The zero-order valence-electron chi connectivity index (χ0n) is 14.6. The van der Waals surface area contributed by atoms with Crippen LogP contribution < -0.4 is 0 Å². The Hall–Kier alpha value is -2.04. The van der Waals surface area contributed by atoms with E-state index in [4.69, 9.17) is 11.6 Å². The number of hydrogen-bond acceptors (Lipinski definition) is 2. The first-order valence-corrected chi connectivity index (χ1v) is 9.09. The van der Waals surface area contributed by atoms with Crippen molar-refractivity contribution >= 4 is 39.3 Å². The minimum Gasteiger partial charge on any atom is -0.355 e. The Bertz CT molecular complexity index is 941. The van der Waals surface area contributed by atoms with Gasteiger partial charge in [-0.15, -0.1) is 0 Å². The number of rotatable bonds is 2. The van der Waals surface area contributed by atoms with Crippen LogP contribution in [0.4, 0.5) is 0 Å². The van der Waals surface area contributed by atoms with E-state index in [0.717, 1.165) is 58.6 Å². The summed E-state index contributed by atoms with van der Waals surface area (Å²) in [6, 6.07) is 12.1. The zero-order chi connectivity index (χ0) is 17.6. The number of halogens is 1. The molecule has 0 unspecified atom stereocenters. The summed E-state index contributed by atoms with van der Waals surface area (Å²) in [5.41, 5.74) is 3.16. The predicted molar refractivity (Wildman–Crippen MR) is 103 cm³/mol. The van der Waals surface area contributed by atoms with Gasteiger partial charge in [0.05, 0.1) is 5.92 Å². The van der Waals surface area contributed by atoms with E-state index in [0.29, 0.717) is 0 Å². The molecule has 4 nitrogen and oxygen atoms in total. The summed E-state index contributed by atoms with van der Waals surface area (Å²) >= 11 is 6.13. The molecule has 0 spiro atoms. The first-order valence-electron chi connectivity index (χ1n) is 8.71. The monoisotopic (exact) mass is 355 g/mol. The van der Waals surface area contributed by atoms with Gasteiger partial charge in [-0.3, -0.25) is 4.79 Å². The number of amides is 1. The van der Waals surface area contributed by atoms with Gasteiger partial charge < -0.3 is 14.8 Å². The van der Waals surface area contributed by atoms with Gasteiger partial charge in [-0.1, -0.05) is 23.7 Å². The van der Waals surface area contributed by atoms with Crippen molar-refractivity contribution in [2.75, 3.05) is 33.2 Å². The third kappa shape index (κ3) is 3.00. The molecular formula is C20H22ClN3O. The first-order chi connectivity index (χ1) is 12.0. The Morgan fingerprint density at radius 2 is 1.80 bits per heavy atom. The van der Waals surface area contributed by atoms with E-state index < -0.39 is 0 Å². The van der Waals surface area contributed by atoms with Crippen molar-refractivity contribution in [3.63, 3.8) is 0 Å². The van der Waals surface area contributed by atoms with Gasteiger partial charge in [0.1, 0.15) is 0 Å². The number of likely N-dealkylation sites (N-methyl/N-ethyl adjacent to an activating group) is 1. The number of aromatic nitrogens is 1. The van der Waals surface area contributed by atoms with E-state index in [1.165, 1.54) is 0 Å². The molecule has 0 bridgehead atoms. The highest BCUT2D eigenvalue weighted by Crippen LogP contribution is 2.30. The summed E-state index contributed by atoms with van der Waals surface area (Å²) in [6.45, 7) is 5.52. The highest BCUT2D eigenvalue weighted by Gasteiger charge is 2.25. The normalized spacial score (nSPS) is 17.3. The van der Waals surface area contributed by atoms with E-state index >= 15 is 0 Å². The molecule has 0 radical (unpaired) electrons. The lowest BCUT2D eigenvalue weighted by atomic mass is 9.98. The van der Waals surface area contributed by atoms with Crippen LogP contribution >= 0.6 is 11.6 Å². The largest absolute Gasteiger partial charge is 0.355 e. The Morgan fingerprint density at radius 3 is 2.56 bits per heavy atom. The van der Waals surface area contributed by atoms with Crippen LogP contribution in [0.5, 0.6) is 0 Å². The van der Waals surface area contributed by atoms with Gasteiger partial charge >= 0.3 is 0 Å². The van der Waals surface area contributed by atoms with Crippen molar-refractivity contribution in [2.45, 2.75) is 12.8 Å². The topological polar surface area (TPSA) is 39.3 Å². The van der Waals surface area contributed by atoms with E-state index in [-0.39, 0.29) is 11.8 Å². The van der Waals surface area contributed by atoms with Gasteiger partial charge in [0.25, 0.3) is 0 Å². The smallest absolute Gasteiger partial charge is 0.229 e. The number of hydrogen-bond donors (Lipinski definition) is 1. The summed E-state index contributed by atoms with van der Waals surface area (Å²) in [5, 5.41) is 2.99. The quantitative estimate of drug-likeness (QED) is 0.758. The van der Waals surface area contributed by atoms with Crippen LogP contribution in [0.2, 0.25) is 5.02 Å². The molecule has 1 saturated heterocycles. The summed E-state index contributed by atoms with van der Waals surface area (Å²) in [7, 11) is 2.10. The molecule has 2 aromatic carbocycles. The molecule has 4 rings (SSSR count). The number of carbonyl (C=O) groups is 1. The van der Waals surface area contributed by atoms with E-state index in [9.17, 15) is 4.79 Å². The Balaban J connectivity index is 1.64. The van der Waals surface area contributed by atoms with Gasteiger partial charge in [0.2, 0.25) is 5.91 Å². The van der Waals surface area contributed by atoms with Crippen LogP contribution in [0.15, 0.2) is 36.4 Å². The Labute approximate surface area is 152 Å². The second-order valence-electron chi connectivity index (χ2n) is 6.97. The van der Waals surface area contributed by atoms with E-state index in [2.05, 4.69) is 35.1 Å². The molecule has 1 aromatic heterocycles. The van der Waals surface area contributed by atoms with Crippen molar-refractivity contribution in [1.82, 2.24) is 14.8 Å². The van der Waals surface area contributed by atoms with Crippen LogP contribution in [0, 0.1) is 0 Å². The maximum absolute atomic E-state index is 12.8. The summed E-state index contributed by atoms with van der Waals surface area (Å²) in [5.74, 6) is 0.0782. The fraction of sp³-hybridized carbons (Fsp3) is 0.350. The van der Waals surface area contributed by atoms with Gasteiger partial charge in [-0.25, -0.2) is 0 Å². The van der Waals surface area contributed by atoms with E-state index in [1.807, 2.05) is 30.0 Å². The number of nitrogens with one attached hydrogen (secondary N) is 1. The molecule has 1 atom stereocenters. The van der Waals surface area contributed by atoms with Crippen LogP contribution in [0.1, 0.15) is 18.4 Å². The second-order valence-corrected chi connectivity index (χ2v) is 7.41. The molecule has 5 heteroatoms. The van der Waals surface area contributed by atoms with Gasteiger partial charge in [0.15, 0.2) is 0 Å². The lowest BCUT2D eigenvalue weighted by Gasteiger charge is -2.34. The molecular weight excluding hydrogens is 334 g/mol. The van der Waals surface area contributed by atoms with Crippen molar-refractivity contribution < 1.29 is 4.79 Å². The predicted octanol–water partition coefficient (Wildman–Crippen LogP) is 3.85. The molecule has 0 aliphatic carbocycles. The van der Waals surface area contributed by atoms with Crippen molar-refractivity contribution in [3.05, 3.63) is 47.0 Å². The average Bonchev–Trinajstić information content (AvgIpc) is 2.98. The highest BCUT2D eigenvalue weighted by molar-refractivity contribution is 6.31. The maximum Gasteiger partial charge on any atom is 0.229 e. The first kappa shape index (κ1) is 16.4. The van der Waals surface area contributed by atoms with Crippen LogP contribution in [-0.2, 0) is 4.79 Å². The fourth-order valence-electron chi connectivity index (χ4n) is 3.61. The third-order valence-electron chi connectivity index (χ3n) is 5.27. The number of nitrogens with zero attached hydrogens (tertiary/aromatic N) is 2. The molecule has 2 heterocycles. The van der Waals surface area contributed by atoms with Gasteiger partial charge in [-0.2, -0.15) is 0 Å². The molecule has 130 valence electrons. The number of H-pyrrole nitrogens is 1. The average molecular weight is 356 g/mol. The minimum atomic E-state index is -0.136. The molecule has 1 N–H and O–H groups in total. The third-order valence-corrected chi connectivity index (χ3v) is 5.51. The standard InChI is InChI=1S/C20H22ClN3O/c1-13(20(25)24-9-7-23(2)8-10-24)14-3-5-16-17-12-15(21)4-6-18(17)22-19(16)11-14/h3-6,11-13,22H,7-10H2,1-2H3/t13-/m1/s1. The van der Waals surface area contributed by atoms with E-state index in [1.54, 1.807) is 0 Å². The van der Waals surface area contributed by atoms with Crippen molar-refractivity contribution in [1.29, 1.82) is 0 Å². The molecule has 1 fully saturated rings. The minimum absolute atomic E-state index is 0.136. The highest BCUT2D eigenvalue weighted by atomic mass is 35.5. The number of benzene rings is 2. The second kappa shape index (κ2) is 6.36. The molecule has 0 saturated carbocycles. The number of aromatic amines is 1. The van der Waals surface area contributed by atoms with Gasteiger partial charge in [-0.05, 0) is 43.8 Å².